The van der Waals surface area contributed by atoms with Crippen LogP contribution in [-0.2, 0) is 9.53 Å². The molecule has 3 unspecified atom stereocenters. The molecular formula is C22H33ClN2O2. The first-order valence-corrected chi connectivity index (χ1v) is 10.5. The van der Waals surface area contributed by atoms with Crippen LogP contribution in [0.3, 0.4) is 0 Å². The zero-order chi connectivity index (χ0) is 17.9. The van der Waals surface area contributed by atoms with Crippen molar-refractivity contribution in [1.29, 1.82) is 0 Å². The third-order valence-electron chi connectivity index (χ3n) is 6.66. The smallest absolute Gasteiger partial charge is 0.254 e. The molecule has 3 fully saturated rings. The lowest BCUT2D eigenvalue weighted by Crippen LogP contribution is -2.54. The first kappa shape index (κ1) is 20.6. The van der Waals surface area contributed by atoms with Crippen molar-refractivity contribution in [2.24, 2.45) is 17.6 Å². The lowest BCUT2D eigenvalue weighted by atomic mass is 9.67. The van der Waals surface area contributed by atoms with E-state index in [0.29, 0.717) is 17.9 Å². The number of carbonyl (C=O) groups excluding carboxylic acids is 1. The molecule has 3 atom stereocenters. The Morgan fingerprint density at radius 2 is 1.63 bits per heavy atom. The maximum Gasteiger partial charge on any atom is 0.254 e. The number of benzene rings is 1. The van der Waals surface area contributed by atoms with Gasteiger partial charge in [-0.1, -0.05) is 49.6 Å². The molecule has 4 rings (SSSR count). The average molecular weight is 393 g/mol. The van der Waals surface area contributed by atoms with Gasteiger partial charge in [-0.15, -0.1) is 12.4 Å². The molecule has 3 saturated carbocycles. The molecule has 5 heteroatoms. The number of halogens is 1. The molecule has 0 aromatic heterocycles. The molecular weight excluding hydrogens is 360 g/mol. The number of nitrogens with two attached hydrogens (primary N) is 1. The zero-order valence-electron chi connectivity index (χ0n) is 16.0. The molecule has 150 valence electrons. The van der Waals surface area contributed by atoms with Crippen LogP contribution >= 0.6 is 12.4 Å². The van der Waals surface area contributed by atoms with E-state index in [2.05, 4.69) is 5.32 Å². The summed E-state index contributed by atoms with van der Waals surface area (Å²) in [5, 5.41) is 3.39. The van der Waals surface area contributed by atoms with Crippen LogP contribution in [-0.4, -0.2) is 24.1 Å². The van der Waals surface area contributed by atoms with E-state index in [1.54, 1.807) is 0 Å². The van der Waals surface area contributed by atoms with Gasteiger partial charge in [-0.05, 0) is 55.9 Å². The molecule has 0 spiro atoms. The maximum absolute atomic E-state index is 13.2. The van der Waals surface area contributed by atoms with E-state index in [1.165, 1.54) is 32.1 Å². The van der Waals surface area contributed by atoms with Crippen LogP contribution in [0.4, 0.5) is 0 Å². The number of ether oxygens (including phenoxy) is 1. The van der Waals surface area contributed by atoms with Crippen LogP contribution in [0.15, 0.2) is 30.3 Å². The molecule has 1 amide bonds. The molecule has 3 aliphatic rings. The molecule has 1 aromatic rings. The van der Waals surface area contributed by atoms with E-state index in [-0.39, 0.29) is 30.5 Å². The number of hydrogen-bond donors (Lipinski definition) is 2. The van der Waals surface area contributed by atoms with Gasteiger partial charge in [0, 0.05) is 12.1 Å². The van der Waals surface area contributed by atoms with Crippen LogP contribution < -0.4 is 11.1 Å². The van der Waals surface area contributed by atoms with Gasteiger partial charge in [0.05, 0.1) is 6.10 Å². The Hall–Kier alpha value is -1.10. The largest absolute Gasteiger partial charge is 0.360 e. The highest BCUT2D eigenvalue weighted by Crippen LogP contribution is 2.40. The van der Waals surface area contributed by atoms with Crippen molar-refractivity contribution in [3.05, 3.63) is 35.9 Å². The summed E-state index contributed by atoms with van der Waals surface area (Å²) in [6.45, 7) is 0. The summed E-state index contributed by atoms with van der Waals surface area (Å²) in [6, 6.07) is 10.6. The van der Waals surface area contributed by atoms with Crippen LogP contribution in [0, 0.1) is 11.8 Å². The minimum absolute atomic E-state index is 0. The van der Waals surface area contributed by atoms with Crippen LogP contribution in [0.25, 0.3) is 0 Å². The molecule has 0 heterocycles. The van der Waals surface area contributed by atoms with E-state index in [4.69, 9.17) is 10.5 Å². The van der Waals surface area contributed by atoms with Crippen LogP contribution in [0.5, 0.6) is 0 Å². The molecule has 3 aliphatic carbocycles. The fraction of sp³-hybridized carbons (Fsp3) is 0.682. The summed E-state index contributed by atoms with van der Waals surface area (Å²) < 4.78 is 6.31. The molecule has 2 bridgehead atoms. The highest BCUT2D eigenvalue weighted by atomic mass is 35.5. The Labute approximate surface area is 169 Å². The third kappa shape index (κ3) is 4.85. The summed E-state index contributed by atoms with van der Waals surface area (Å²) in [7, 11) is 0. The van der Waals surface area contributed by atoms with Crippen molar-refractivity contribution in [2.75, 3.05) is 0 Å². The highest BCUT2D eigenvalue weighted by Gasteiger charge is 2.41. The number of nitrogens with one attached hydrogen (secondary N) is 1. The van der Waals surface area contributed by atoms with E-state index < -0.39 is 6.10 Å². The fourth-order valence-corrected chi connectivity index (χ4v) is 5.40. The maximum atomic E-state index is 13.2. The normalized spacial score (nSPS) is 31.7. The van der Waals surface area contributed by atoms with Crippen molar-refractivity contribution < 1.29 is 9.53 Å². The minimum Gasteiger partial charge on any atom is -0.360 e. The summed E-state index contributed by atoms with van der Waals surface area (Å²) in [4.78, 5) is 13.2. The summed E-state index contributed by atoms with van der Waals surface area (Å²) >= 11 is 0. The number of carbonyl (C=O) groups is 1. The Kier molecular flexibility index (Phi) is 7.18. The van der Waals surface area contributed by atoms with Gasteiger partial charge in [0.2, 0.25) is 0 Å². The first-order valence-electron chi connectivity index (χ1n) is 10.5. The lowest BCUT2D eigenvalue weighted by molar-refractivity contribution is -0.139. The molecule has 0 saturated heterocycles. The van der Waals surface area contributed by atoms with Gasteiger partial charge < -0.3 is 15.8 Å². The highest BCUT2D eigenvalue weighted by molar-refractivity contribution is 5.85. The average Bonchev–Trinajstić information content (AvgIpc) is 3.14. The van der Waals surface area contributed by atoms with Crippen molar-refractivity contribution in [1.82, 2.24) is 5.32 Å². The standard InChI is InChI=1S/C22H32N2O2.ClH/c23-18-13-16-9-6-10-17(14-18)20(16)24-22(25)21(15-7-2-1-3-8-15)26-19-11-4-5-12-19;/h1-3,7-8,16-21H,4-6,9-14,23H2,(H,24,25);1H. The fourth-order valence-electron chi connectivity index (χ4n) is 5.40. The first-order chi connectivity index (χ1) is 12.7. The van der Waals surface area contributed by atoms with Gasteiger partial charge in [0.1, 0.15) is 0 Å². The number of hydrogen-bond acceptors (Lipinski definition) is 3. The van der Waals surface area contributed by atoms with Gasteiger partial charge in [-0.25, -0.2) is 0 Å². The van der Waals surface area contributed by atoms with Gasteiger partial charge in [0.25, 0.3) is 5.91 Å². The predicted octanol–water partition coefficient (Wildman–Crippen LogP) is 4.13. The second-order valence-electron chi connectivity index (χ2n) is 8.55. The Morgan fingerprint density at radius 1 is 1.00 bits per heavy atom. The summed E-state index contributed by atoms with van der Waals surface area (Å²) in [5.74, 6) is 1.11. The Balaban J connectivity index is 0.00000210. The van der Waals surface area contributed by atoms with E-state index in [9.17, 15) is 4.79 Å². The quantitative estimate of drug-likeness (QED) is 0.791. The third-order valence-corrected chi connectivity index (χ3v) is 6.66. The van der Waals surface area contributed by atoms with Crippen molar-refractivity contribution in [3.8, 4) is 0 Å². The summed E-state index contributed by atoms with van der Waals surface area (Å²) in [6.07, 6.45) is 10.0. The van der Waals surface area contributed by atoms with E-state index in [1.807, 2.05) is 30.3 Å². The minimum atomic E-state index is -0.490. The SMILES string of the molecule is Cl.NC1CC2CCCC(C1)C2NC(=O)C(OC1CCCC1)c1ccccc1. The van der Waals surface area contributed by atoms with Crippen molar-refractivity contribution in [2.45, 2.75) is 82.1 Å². The Bertz CT molecular complexity index is 592. The van der Waals surface area contributed by atoms with Gasteiger partial charge in [-0.2, -0.15) is 0 Å². The molecule has 0 radical (unpaired) electrons. The molecule has 4 nitrogen and oxygen atoms in total. The lowest BCUT2D eigenvalue weighted by Gasteiger charge is -2.45. The van der Waals surface area contributed by atoms with Crippen LogP contribution in [0.1, 0.15) is 69.5 Å². The van der Waals surface area contributed by atoms with Gasteiger partial charge >= 0.3 is 0 Å². The molecule has 3 N–H and O–H groups in total. The molecule has 27 heavy (non-hydrogen) atoms. The van der Waals surface area contributed by atoms with Gasteiger partial charge in [-0.3, -0.25) is 4.79 Å². The monoisotopic (exact) mass is 392 g/mol. The molecule has 1 aromatic carbocycles. The topological polar surface area (TPSA) is 64.3 Å². The number of fused-ring (bicyclic) bond motifs is 2. The van der Waals surface area contributed by atoms with E-state index in [0.717, 1.165) is 31.2 Å². The second kappa shape index (κ2) is 9.40. The number of amides is 1. The summed E-state index contributed by atoms with van der Waals surface area (Å²) in [5.41, 5.74) is 7.21. The predicted molar refractivity (Wildman–Crippen MR) is 110 cm³/mol. The van der Waals surface area contributed by atoms with Crippen LogP contribution in [0.2, 0.25) is 0 Å². The number of rotatable bonds is 5. The second-order valence-corrected chi connectivity index (χ2v) is 8.55. The zero-order valence-corrected chi connectivity index (χ0v) is 16.8. The van der Waals surface area contributed by atoms with Crippen molar-refractivity contribution in [3.63, 3.8) is 0 Å². The van der Waals surface area contributed by atoms with E-state index >= 15 is 0 Å². The molecule has 0 aliphatic heterocycles. The van der Waals surface area contributed by atoms with Crippen molar-refractivity contribution >= 4 is 18.3 Å². The Morgan fingerprint density at radius 3 is 2.26 bits per heavy atom. The van der Waals surface area contributed by atoms with Gasteiger partial charge in [0.15, 0.2) is 6.10 Å².